The van der Waals surface area contributed by atoms with Gasteiger partial charge in [-0.2, -0.15) is 5.10 Å². The van der Waals surface area contributed by atoms with Crippen molar-refractivity contribution in [2.24, 2.45) is 5.73 Å². The number of hydrogen-bond acceptors (Lipinski definition) is 2. The van der Waals surface area contributed by atoms with E-state index in [0.29, 0.717) is 16.6 Å². The molecule has 102 valence electrons. The quantitative estimate of drug-likeness (QED) is 0.918. The standard InChI is InChI=1S/C14H17Cl2N3/c1-2-12(17)5-11-7-18-19(9-11)8-10-3-4-13(15)14(16)6-10/h3-4,6-7,9,12H,2,5,8,17H2,1H3. The van der Waals surface area contributed by atoms with Crippen molar-refractivity contribution in [2.75, 3.05) is 0 Å². The Balaban J connectivity index is 2.05. The summed E-state index contributed by atoms with van der Waals surface area (Å²) >= 11 is 11.9. The minimum atomic E-state index is 0.197. The van der Waals surface area contributed by atoms with Crippen LogP contribution in [0.25, 0.3) is 0 Å². The molecule has 0 aliphatic carbocycles. The number of rotatable bonds is 5. The fourth-order valence-corrected chi connectivity index (χ4v) is 2.19. The van der Waals surface area contributed by atoms with Gasteiger partial charge < -0.3 is 5.73 Å². The van der Waals surface area contributed by atoms with E-state index in [2.05, 4.69) is 12.0 Å². The lowest BCUT2D eigenvalue weighted by atomic mass is 10.1. The second-order valence-electron chi connectivity index (χ2n) is 4.67. The average molecular weight is 298 g/mol. The molecule has 0 fully saturated rings. The average Bonchev–Trinajstić information content (AvgIpc) is 2.81. The largest absolute Gasteiger partial charge is 0.327 e. The van der Waals surface area contributed by atoms with E-state index < -0.39 is 0 Å². The molecule has 2 aromatic rings. The number of nitrogens with two attached hydrogens (primary N) is 1. The molecule has 19 heavy (non-hydrogen) atoms. The molecular weight excluding hydrogens is 281 g/mol. The SMILES string of the molecule is CCC(N)Cc1cnn(Cc2ccc(Cl)c(Cl)c2)c1. The molecule has 1 atom stereocenters. The lowest BCUT2D eigenvalue weighted by Gasteiger charge is -2.05. The van der Waals surface area contributed by atoms with Crippen LogP contribution in [0.1, 0.15) is 24.5 Å². The zero-order valence-electron chi connectivity index (χ0n) is 10.8. The van der Waals surface area contributed by atoms with E-state index in [4.69, 9.17) is 28.9 Å². The normalized spacial score (nSPS) is 12.6. The van der Waals surface area contributed by atoms with Crippen molar-refractivity contribution >= 4 is 23.2 Å². The fourth-order valence-electron chi connectivity index (χ4n) is 1.87. The number of halogens is 2. The molecule has 0 aliphatic heterocycles. The van der Waals surface area contributed by atoms with Gasteiger partial charge in [0, 0.05) is 12.2 Å². The van der Waals surface area contributed by atoms with Crippen LogP contribution in [0.3, 0.4) is 0 Å². The van der Waals surface area contributed by atoms with Gasteiger partial charge in [0.1, 0.15) is 0 Å². The highest BCUT2D eigenvalue weighted by molar-refractivity contribution is 6.42. The fraction of sp³-hybridized carbons (Fsp3) is 0.357. The second-order valence-corrected chi connectivity index (χ2v) is 5.48. The third kappa shape index (κ3) is 3.96. The Kier molecular flexibility index (Phi) is 4.86. The third-order valence-electron chi connectivity index (χ3n) is 3.04. The summed E-state index contributed by atoms with van der Waals surface area (Å²) in [6.07, 6.45) is 5.72. The van der Waals surface area contributed by atoms with Gasteiger partial charge in [-0.15, -0.1) is 0 Å². The van der Waals surface area contributed by atoms with Crippen LogP contribution >= 0.6 is 23.2 Å². The van der Waals surface area contributed by atoms with Crippen molar-refractivity contribution in [2.45, 2.75) is 32.4 Å². The molecule has 0 radical (unpaired) electrons. The smallest absolute Gasteiger partial charge is 0.0660 e. The van der Waals surface area contributed by atoms with Crippen LogP contribution in [0.2, 0.25) is 10.0 Å². The highest BCUT2D eigenvalue weighted by atomic mass is 35.5. The van der Waals surface area contributed by atoms with Crippen molar-refractivity contribution in [3.05, 3.63) is 51.8 Å². The van der Waals surface area contributed by atoms with Crippen LogP contribution in [0.5, 0.6) is 0 Å². The maximum atomic E-state index is 5.99. The van der Waals surface area contributed by atoms with Crippen molar-refractivity contribution in [1.29, 1.82) is 0 Å². The molecule has 0 spiro atoms. The summed E-state index contributed by atoms with van der Waals surface area (Å²) < 4.78 is 1.89. The first-order chi connectivity index (χ1) is 9.08. The van der Waals surface area contributed by atoms with Gasteiger partial charge in [0.2, 0.25) is 0 Å². The first-order valence-electron chi connectivity index (χ1n) is 6.29. The molecule has 2 rings (SSSR count). The summed E-state index contributed by atoms with van der Waals surface area (Å²) in [6.45, 7) is 2.77. The Labute approximate surface area is 123 Å². The molecule has 1 aromatic heterocycles. The summed E-state index contributed by atoms with van der Waals surface area (Å²) in [7, 11) is 0. The van der Waals surface area contributed by atoms with Crippen molar-refractivity contribution in [3.8, 4) is 0 Å². The lowest BCUT2D eigenvalue weighted by Crippen LogP contribution is -2.21. The topological polar surface area (TPSA) is 43.8 Å². The Morgan fingerprint density at radius 2 is 2.05 bits per heavy atom. The van der Waals surface area contributed by atoms with Gasteiger partial charge >= 0.3 is 0 Å². The monoisotopic (exact) mass is 297 g/mol. The van der Waals surface area contributed by atoms with Crippen LogP contribution in [0.15, 0.2) is 30.6 Å². The molecule has 1 aromatic carbocycles. The van der Waals surface area contributed by atoms with Crippen molar-refractivity contribution < 1.29 is 0 Å². The molecule has 3 nitrogen and oxygen atoms in total. The minimum Gasteiger partial charge on any atom is -0.327 e. The summed E-state index contributed by atoms with van der Waals surface area (Å²) in [5.74, 6) is 0. The van der Waals surface area contributed by atoms with Gasteiger partial charge in [-0.05, 0) is 36.1 Å². The molecule has 1 heterocycles. The van der Waals surface area contributed by atoms with E-state index in [1.165, 1.54) is 0 Å². The summed E-state index contributed by atoms with van der Waals surface area (Å²) in [5.41, 5.74) is 8.17. The van der Waals surface area contributed by atoms with Crippen molar-refractivity contribution in [1.82, 2.24) is 9.78 Å². The van der Waals surface area contributed by atoms with Crippen LogP contribution in [0.4, 0.5) is 0 Å². The van der Waals surface area contributed by atoms with Crippen LogP contribution in [-0.2, 0) is 13.0 Å². The van der Waals surface area contributed by atoms with Crippen molar-refractivity contribution in [3.63, 3.8) is 0 Å². The predicted octanol–water partition coefficient (Wildman–Crippen LogP) is 3.52. The molecular formula is C14H17Cl2N3. The summed E-state index contributed by atoms with van der Waals surface area (Å²) in [5, 5.41) is 5.47. The number of nitrogens with zero attached hydrogens (tertiary/aromatic N) is 2. The van der Waals surface area contributed by atoms with Crippen LogP contribution in [0, 0.1) is 0 Å². The maximum Gasteiger partial charge on any atom is 0.0660 e. The van der Waals surface area contributed by atoms with Crippen LogP contribution < -0.4 is 5.73 Å². The van der Waals surface area contributed by atoms with Gasteiger partial charge in [0.25, 0.3) is 0 Å². The van der Waals surface area contributed by atoms with E-state index in [0.717, 1.165) is 24.0 Å². The van der Waals surface area contributed by atoms with E-state index in [1.54, 1.807) is 6.07 Å². The zero-order chi connectivity index (χ0) is 13.8. The third-order valence-corrected chi connectivity index (χ3v) is 3.78. The first kappa shape index (κ1) is 14.4. The second kappa shape index (κ2) is 6.42. The predicted molar refractivity (Wildman–Crippen MR) is 79.8 cm³/mol. The van der Waals surface area contributed by atoms with Gasteiger partial charge in [-0.3, -0.25) is 4.68 Å². The molecule has 0 saturated heterocycles. The van der Waals surface area contributed by atoms with E-state index in [-0.39, 0.29) is 6.04 Å². The molecule has 2 N–H and O–H groups in total. The van der Waals surface area contributed by atoms with Gasteiger partial charge in [-0.1, -0.05) is 36.2 Å². The molecule has 0 saturated carbocycles. The molecule has 1 unspecified atom stereocenters. The Hall–Kier alpha value is -1.03. The molecule has 5 heteroatoms. The number of aromatic nitrogens is 2. The van der Waals surface area contributed by atoms with E-state index in [9.17, 15) is 0 Å². The number of benzene rings is 1. The van der Waals surface area contributed by atoms with Crippen LogP contribution in [-0.4, -0.2) is 15.8 Å². The molecule has 0 bridgehead atoms. The number of hydrogen-bond donors (Lipinski definition) is 1. The highest BCUT2D eigenvalue weighted by Crippen LogP contribution is 2.22. The zero-order valence-corrected chi connectivity index (χ0v) is 12.3. The Morgan fingerprint density at radius 1 is 1.26 bits per heavy atom. The van der Waals surface area contributed by atoms with E-state index >= 15 is 0 Å². The van der Waals surface area contributed by atoms with E-state index in [1.807, 2.05) is 29.2 Å². The molecule has 0 amide bonds. The minimum absolute atomic E-state index is 0.197. The van der Waals surface area contributed by atoms with Gasteiger partial charge in [-0.25, -0.2) is 0 Å². The molecule has 0 aliphatic rings. The Morgan fingerprint density at radius 3 is 2.74 bits per heavy atom. The Bertz CT molecular complexity index is 551. The first-order valence-corrected chi connectivity index (χ1v) is 7.05. The van der Waals surface area contributed by atoms with Gasteiger partial charge in [0.15, 0.2) is 0 Å². The summed E-state index contributed by atoms with van der Waals surface area (Å²) in [6, 6.07) is 5.81. The lowest BCUT2D eigenvalue weighted by molar-refractivity contribution is 0.644. The van der Waals surface area contributed by atoms with Gasteiger partial charge in [0.05, 0.1) is 22.8 Å². The summed E-state index contributed by atoms with van der Waals surface area (Å²) in [4.78, 5) is 0. The maximum absolute atomic E-state index is 5.99. The highest BCUT2D eigenvalue weighted by Gasteiger charge is 2.05.